The molecule has 0 aromatic heterocycles. The van der Waals surface area contributed by atoms with Crippen molar-refractivity contribution in [1.82, 2.24) is 10.2 Å². The molecule has 0 unspecified atom stereocenters. The Hall–Kier alpha value is -1.35. The third kappa shape index (κ3) is 2.91. The highest BCUT2D eigenvalue weighted by Gasteiger charge is 2.16. The molecule has 0 aliphatic carbocycles. The Bertz CT molecular complexity index is 440. The molecule has 1 aromatic rings. The van der Waals surface area contributed by atoms with Gasteiger partial charge in [0.25, 0.3) is 5.91 Å². The van der Waals surface area contributed by atoms with E-state index in [0.717, 1.165) is 31.6 Å². The molecule has 2 rings (SSSR count). The van der Waals surface area contributed by atoms with Crippen molar-refractivity contribution in [3.8, 4) is 0 Å². The predicted molar refractivity (Wildman–Crippen MR) is 73.4 cm³/mol. The Morgan fingerprint density at radius 1 is 1.33 bits per heavy atom. The van der Waals surface area contributed by atoms with E-state index in [4.69, 9.17) is 0 Å². The van der Waals surface area contributed by atoms with Crippen molar-refractivity contribution in [2.75, 3.05) is 13.6 Å². The molecule has 0 bridgehead atoms. The summed E-state index contributed by atoms with van der Waals surface area (Å²) < 4.78 is 0. The number of rotatable bonds is 4. The largest absolute Gasteiger partial charge is 0.342 e. The Balaban J connectivity index is 2.04. The Kier molecular flexibility index (Phi) is 4.02. The van der Waals surface area contributed by atoms with Gasteiger partial charge < -0.3 is 10.2 Å². The lowest BCUT2D eigenvalue weighted by Gasteiger charge is -2.18. The summed E-state index contributed by atoms with van der Waals surface area (Å²) in [7, 11) is 1.89. The molecule has 0 radical (unpaired) electrons. The summed E-state index contributed by atoms with van der Waals surface area (Å²) in [5.74, 6) is 0.759. The summed E-state index contributed by atoms with van der Waals surface area (Å²) in [5, 5.41) is 3.30. The van der Waals surface area contributed by atoms with Crippen molar-refractivity contribution in [2.24, 2.45) is 5.92 Å². The molecule has 3 heteroatoms. The van der Waals surface area contributed by atoms with E-state index in [1.54, 1.807) is 0 Å². The first-order valence-electron chi connectivity index (χ1n) is 6.66. The van der Waals surface area contributed by atoms with Crippen LogP contribution in [0.2, 0.25) is 0 Å². The van der Waals surface area contributed by atoms with Gasteiger partial charge in [-0.05, 0) is 35.6 Å². The maximum absolute atomic E-state index is 12.3. The minimum atomic E-state index is 0.130. The Labute approximate surface area is 109 Å². The van der Waals surface area contributed by atoms with Crippen LogP contribution < -0.4 is 5.32 Å². The van der Waals surface area contributed by atoms with Crippen LogP contribution >= 0.6 is 0 Å². The molecule has 1 aliphatic rings. The van der Waals surface area contributed by atoms with Crippen LogP contribution in [0.15, 0.2) is 18.2 Å². The van der Waals surface area contributed by atoms with Gasteiger partial charge in [0.1, 0.15) is 0 Å². The van der Waals surface area contributed by atoms with E-state index >= 15 is 0 Å². The number of nitrogens with one attached hydrogen (secondary N) is 1. The number of hydrogen-bond acceptors (Lipinski definition) is 2. The van der Waals surface area contributed by atoms with Crippen LogP contribution in [-0.2, 0) is 13.1 Å². The number of hydrogen-bond donors (Lipinski definition) is 1. The molecular weight excluding hydrogens is 224 g/mol. The van der Waals surface area contributed by atoms with E-state index in [1.165, 1.54) is 11.1 Å². The Morgan fingerprint density at radius 2 is 2.06 bits per heavy atom. The molecule has 0 atom stereocenters. The highest BCUT2D eigenvalue weighted by molar-refractivity contribution is 5.94. The van der Waals surface area contributed by atoms with Gasteiger partial charge in [0.15, 0.2) is 0 Å². The van der Waals surface area contributed by atoms with Gasteiger partial charge in [-0.25, -0.2) is 0 Å². The van der Waals surface area contributed by atoms with Gasteiger partial charge in [-0.15, -0.1) is 0 Å². The number of amides is 1. The number of benzene rings is 1. The third-order valence-corrected chi connectivity index (χ3v) is 3.47. The molecule has 0 saturated carbocycles. The van der Waals surface area contributed by atoms with E-state index in [2.05, 4.69) is 25.2 Å². The average molecular weight is 246 g/mol. The van der Waals surface area contributed by atoms with Gasteiger partial charge in [0.05, 0.1) is 0 Å². The monoisotopic (exact) mass is 246 g/mol. The summed E-state index contributed by atoms with van der Waals surface area (Å²) in [6, 6.07) is 6.04. The summed E-state index contributed by atoms with van der Waals surface area (Å²) in [5.41, 5.74) is 3.39. The first-order valence-corrected chi connectivity index (χ1v) is 6.66. The molecule has 0 saturated heterocycles. The molecule has 1 aliphatic heterocycles. The van der Waals surface area contributed by atoms with E-state index < -0.39 is 0 Å². The maximum Gasteiger partial charge on any atom is 0.253 e. The van der Waals surface area contributed by atoms with E-state index in [1.807, 2.05) is 24.1 Å². The minimum Gasteiger partial charge on any atom is -0.342 e. The van der Waals surface area contributed by atoms with Gasteiger partial charge in [-0.3, -0.25) is 4.79 Å². The quantitative estimate of drug-likeness (QED) is 0.885. The second-order valence-corrected chi connectivity index (χ2v) is 5.50. The maximum atomic E-state index is 12.3. The van der Waals surface area contributed by atoms with Crippen LogP contribution in [0.5, 0.6) is 0 Å². The minimum absolute atomic E-state index is 0.130. The fourth-order valence-electron chi connectivity index (χ4n) is 2.20. The van der Waals surface area contributed by atoms with Crippen LogP contribution in [0.4, 0.5) is 0 Å². The van der Waals surface area contributed by atoms with Gasteiger partial charge in [0.2, 0.25) is 0 Å². The lowest BCUT2D eigenvalue weighted by atomic mass is 10.1. The third-order valence-electron chi connectivity index (χ3n) is 3.47. The summed E-state index contributed by atoms with van der Waals surface area (Å²) >= 11 is 0. The van der Waals surface area contributed by atoms with Gasteiger partial charge in [-0.1, -0.05) is 19.9 Å². The van der Waals surface area contributed by atoms with Gasteiger partial charge in [0, 0.05) is 32.2 Å². The lowest BCUT2D eigenvalue weighted by molar-refractivity contribution is 0.0789. The molecule has 3 nitrogen and oxygen atoms in total. The normalized spacial score (nSPS) is 13.8. The topological polar surface area (TPSA) is 32.3 Å². The molecular formula is C15H22N2O. The summed E-state index contributed by atoms with van der Waals surface area (Å²) in [6.07, 6.45) is 1.05. The van der Waals surface area contributed by atoms with Crippen LogP contribution in [0.1, 0.15) is 41.8 Å². The van der Waals surface area contributed by atoms with E-state index in [0.29, 0.717) is 5.92 Å². The number of carbonyl (C=O) groups is 1. The van der Waals surface area contributed by atoms with Crippen molar-refractivity contribution in [3.63, 3.8) is 0 Å². The van der Waals surface area contributed by atoms with Crippen LogP contribution in [-0.4, -0.2) is 24.4 Å². The first kappa shape index (κ1) is 13.1. The van der Waals surface area contributed by atoms with Crippen molar-refractivity contribution in [2.45, 2.75) is 33.4 Å². The molecule has 1 amide bonds. The number of nitrogens with zero attached hydrogens (tertiary/aromatic N) is 1. The molecule has 1 aromatic carbocycles. The summed E-state index contributed by atoms with van der Waals surface area (Å²) in [4.78, 5) is 14.1. The second kappa shape index (κ2) is 5.53. The Morgan fingerprint density at radius 3 is 2.78 bits per heavy atom. The summed E-state index contributed by atoms with van der Waals surface area (Å²) in [6.45, 7) is 6.99. The molecule has 1 heterocycles. The van der Waals surface area contributed by atoms with Crippen molar-refractivity contribution >= 4 is 5.91 Å². The number of carbonyl (C=O) groups excluding carboxylic acids is 1. The van der Waals surface area contributed by atoms with Crippen molar-refractivity contribution in [1.29, 1.82) is 0 Å². The standard InChI is InChI=1S/C15H22N2O/c1-11(2)6-7-17(3)15(18)12-4-5-13-9-16-10-14(13)8-12/h4-5,8,11,16H,6-7,9-10H2,1-3H3. The predicted octanol–water partition coefficient (Wildman–Crippen LogP) is 2.41. The van der Waals surface area contributed by atoms with E-state index in [9.17, 15) is 4.79 Å². The smallest absolute Gasteiger partial charge is 0.253 e. The molecule has 1 N–H and O–H groups in total. The SMILES string of the molecule is CC(C)CCN(C)C(=O)c1ccc2c(c1)CNC2. The zero-order chi connectivity index (χ0) is 13.1. The zero-order valence-electron chi connectivity index (χ0n) is 11.5. The molecule has 0 spiro atoms. The van der Waals surface area contributed by atoms with E-state index in [-0.39, 0.29) is 5.91 Å². The molecule has 0 fully saturated rings. The highest BCUT2D eigenvalue weighted by Crippen LogP contribution is 2.18. The fourth-order valence-corrected chi connectivity index (χ4v) is 2.20. The lowest BCUT2D eigenvalue weighted by Crippen LogP contribution is -2.28. The van der Waals surface area contributed by atoms with Crippen molar-refractivity contribution < 1.29 is 4.79 Å². The zero-order valence-corrected chi connectivity index (χ0v) is 11.5. The molecule has 98 valence electrons. The van der Waals surface area contributed by atoms with Crippen LogP contribution in [0.3, 0.4) is 0 Å². The van der Waals surface area contributed by atoms with Gasteiger partial charge in [-0.2, -0.15) is 0 Å². The van der Waals surface area contributed by atoms with Gasteiger partial charge >= 0.3 is 0 Å². The second-order valence-electron chi connectivity index (χ2n) is 5.50. The van der Waals surface area contributed by atoms with Crippen LogP contribution in [0, 0.1) is 5.92 Å². The number of fused-ring (bicyclic) bond motifs is 1. The molecule has 18 heavy (non-hydrogen) atoms. The highest BCUT2D eigenvalue weighted by atomic mass is 16.2. The fraction of sp³-hybridized carbons (Fsp3) is 0.533. The van der Waals surface area contributed by atoms with Crippen LogP contribution in [0.25, 0.3) is 0 Å². The average Bonchev–Trinajstić information content (AvgIpc) is 2.81. The van der Waals surface area contributed by atoms with Crippen molar-refractivity contribution in [3.05, 3.63) is 34.9 Å². The first-order chi connectivity index (χ1) is 8.58.